The quantitative estimate of drug-likeness (QED) is 0.0146. The van der Waals surface area contributed by atoms with Crippen LogP contribution in [-0.4, -0.2) is 95.9 Å². The molecular formula is C85H142O16P2. The lowest BCUT2D eigenvalue weighted by Crippen LogP contribution is -2.30. The van der Waals surface area contributed by atoms with Gasteiger partial charge in [-0.05, 0) is 148 Å². The van der Waals surface area contributed by atoms with Gasteiger partial charge in [-0.2, -0.15) is 0 Å². The van der Waals surface area contributed by atoms with Crippen molar-refractivity contribution in [1.29, 1.82) is 0 Å². The Morgan fingerprint density at radius 1 is 0.282 bits per heavy atom. The first-order valence-corrected chi connectivity index (χ1v) is 42.8. The number of carbonyl (C=O) groups is 3. The largest absolute Gasteiger partial charge is 0.472 e. The molecule has 0 saturated carbocycles. The van der Waals surface area contributed by atoms with E-state index in [4.69, 9.17) is 32.3 Å². The molecule has 588 valence electrons. The van der Waals surface area contributed by atoms with Gasteiger partial charge in [0.1, 0.15) is 25.4 Å². The van der Waals surface area contributed by atoms with Crippen LogP contribution in [0.1, 0.15) is 303 Å². The molecule has 4 N–H and O–H groups in total. The van der Waals surface area contributed by atoms with E-state index in [-0.39, 0.29) is 19.3 Å². The van der Waals surface area contributed by atoms with E-state index in [1.807, 2.05) is 0 Å². The standard InChI is InChI=1S/C85H142O16P2/c1-4-7-10-13-16-19-22-25-27-29-31-33-35-37-38-39-40-42-44-45-47-49-51-54-56-59-62-65-68-71-83(88)95-74-80(86)75-97-102(91,92)98-76-81(87)77-99-103(93,94)100-79-82(101-85(90)73-70-67-64-61-58-53-24-21-18-15-12-9-6-3)78-96-84(89)72-69-66-63-60-57-55-52-50-48-46-43-41-36-34-32-30-28-26-23-20-17-14-11-8-5-2/h7-8,10-11,16-17,19-21,24-28,31-34,37-38,40-43,48,50,80-82,86-87H,4-6,9,12-15,18,22-23,29-30,35-36,39,44-47,49,51-79H2,1-3H3,(H,91,92)(H,93,94)/b10-7-,11-8-,19-16-,20-17-,24-21-,27-25-,28-26-,33-31-,34-32-,38-37-,42-40-,43-41-,50-48-. The van der Waals surface area contributed by atoms with Crippen molar-refractivity contribution in [3.63, 3.8) is 0 Å². The minimum atomic E-state index is -4.94. The molecule has 5 atom stereocenters. The molecule has 0 amide bonds. The van der Waals surface area contributed by atoms with Gasteiger partial charge in [-0.3, -0.25) is 32.5 Å². The number of phosphoric ester groups is 2. The molecule has 0 rings (SSSR count). The van der Waals surface area contributed by atoms with E-state index in [9.17, 15) is 43.5 Å². The van der Waals surface area contributed by atoms with Gasteiger partial charge in [-0.25, -0.2) is 9.13 Å². The Balaban J connectivity index is 4.54. The van der Waals surface area contributed by atoms with Gasteiger partial charge < -0.3 is 34.2 Å². The van der Waals surface area contributed by atoms with Gasteiger partial charge in [0.25, 0.3) is 0 Å². The highest BCUT2D eigenvalue weighted by atomic mass is 31.2. The van der Waals surface area contributed by atoms with E-state index in [0.29, 0.717) is 19.3 Å². The van der Waals surface area contributed by atoms with E-state index in [2.05, 4.69) is 179 Å². The predicted molar refractivity (Wildman–Crippen MR) is 426 cm³/mol. The van der Waals surface area contributed by atoms with Crippen LogP contribution >= 0.6 is 15.6 Å². The first-order chi connectivity index (χ1) is 50.2. The van der Waals surface area contributed by atoms with Crippen molar-refractivity contribution in [2.75, 3.05) is 39.6 Å². The summed E-state index contributed by atoms with van der Waals surface area (Å²) in [5, 5.41) is 20.6. The Labute approximate surface area is 625 Å². The second-order valence-corrected chi connectivity index (χ2v) is 29.0. The van der Waals surface area contributed by atoms with Crippen LogP contribution in [0.5, 0.6) is 0 Å². The average Bonchev–Trinajstić information content (AvgIpc) is 0.923. The summed E-state index contributed by atoms with van der Waals surface area (Å²) in [5.74, 6) is -1.61. The molecule has 0 radical (unpaired) electrons. The summed E-state index contributed by atoms with van der Waals surface area (Å²) in [6.45, 7) is 2.40. The van der Waals surface area contributed by atoms with Crippen molar-refractivity contribution < 1.29 is 75.8 Å². The third-order valence-corrected chi connectivity index (χ3v) is 18.1. The number of ether oxygens (including phenoxy) is 3. The van der Waals surface area contributed by atoms with Gasteiger partial charge in [0.2, 0.25) is 0 Å². The Kier molecular flexibility index (Phi) is 73.2. The number of carbonyl (C=O) groups excluding carboxylic acids is 3. The van der Waals surface area contributed by atoms with Crippen LogP contribution in [0.25, 0.3) is 0 Å². The zero-order chi connectivity index (χ0) is 75.2. The molecule has 0 fully saturated rings. The number of rotatable bonds is 74. The Bertz CT molecular complexity index is 2500. The summed E-state index contributed by atoms with van der Waals surface area (Å²) in [5.41, 5.74) is 0. The molecule has 18 heteroatoms. The van der Waals surface area contributed by atoms with Crippen LogP contribution in [0.3, 0.4) is 0 Å². The summed E-state index contributed by atoms with van der Waals surface area (Å²) in [4.78, 5) is 58.6. The summed E-state index contributed by atoms with van der Waals surface area (Å²) in [6, 6.07) is 0. The second-order valence-electron chi connectivity index (χ2n) is 26.1. The lowest BCUT2D eigenvalue weighted by molar-refractivity contribution is -0.161. The fourth-order valence-electron chi connectivity index (χ4n) is 10.2. The fraction of sp³-hybridized carbons (Fsp3) is 0.659. The van der Waals surface area contributed by atoms with Crippen molar-refractivity contribution in [2.45, 2.75) is 322 Å². The summed E-state index contributed by atoms with van der Waals surface area (Å²) in [7, 11) is -9.80. The number of allylic oxidation sites excluding steroid dienone is 26. The number of esters is 3. The number of hydrogen-bond acceptors (Lipinski definition) is 14. The molecule has 0 spiro atoms. The molecule has 0 bridgehead atoms. The van der Waals surface area contributed by atoms with Gasteiger partial charge in [-0.15, -0.1) is 0 Å². The van der Waals surface area contributed by atoms with Crippen molar-refractivity contribution >= 4 is 33.6 Å². The lowest BCUT2D eigenvalue weighted by Gasteiger charge is -2.21. The van der Waals surface area contributed by atoms with Gasteiger partial charge >= 0.3 is 33.6 Å². The fourth-order valence-corrected chi connectivity index (χ4v) is 11.8. The Hall–Kier alpha value is -4.83. The molecule has 0 aromatic rings. The van der Waals surface area contributed by atoms with E-state index in [1.54, 1.807) is 0 Å². The van der Waals surface area contributed by atoms with E-state index < -0.39 is 91.5 Å². The summed E-state index contributed by atoms with van der Waals surface area (Å²) < 4.78 is 61.1. The highest BCUT2D eigenvalue weighted by Crippen LogP contribution is 2.45. The highest BCUT2D eigenvalue weighted by molar-refractivity contribution is 7.47. The molecule has 0 saturated heterocycles. The number of phosphoric acid groups is 2. The number of aliphatic hydroxyl groups excluding tert-OH is 2. The normalized spacial score (nSPS) is 14.8. The first kappa shape index (κ1) is 98.2. The Morgan fingerprint density at radius 3 is 0.825 bits per heavy atom. The number of aliphatic hydroxyl groups is 2. The molecule has 0 aromatic heterocycles. The maximum atomic E-state index is 12.9. The molecule has 5 unspecified atom stereocenters. The topological polar surface area (TPSA) is 231 Å². The summed E-state index contributed by atoms with van der Waals surface area (Å²) in [6.07, 6.45) is 95.8. The number of hydrogen-bond donors (Lipinski definition) is 4. The molecule has 0 aliphatic heterocycles. The monoisotopic (exact) mass is 1480 g/mol. The van der Waals surface area contributed by atoms with Gasteiger partial charge in [0, 0.05) is 19.3 Å². The van der Waals surface area contributed by atoms with Crippen molar-refractivity contribution in [3.8, 4) is 0 Å². The van der Waals surface area contributed by atoms with Crippen LogP contribution in [0.2, 0.25) is 0 Å². The van der Waals surface area contributed by atoms with Crippen molar-refractivity contribution in [3.05, 3.63) is 158 Å². The van der Waals surface area contributed by atoms with Gasteiger partial charge in [0.15, 0.2) is 6.10 Å². The first-order valence-electron chi connectivity index (χ1n) is 39.8. The van der Waals surface area contributed by atoms with Crippen molar-refractivity contribution in [2.24, 2.45) is 0 Å². The summed E-state index contributed by atoms with van der Waals surface area (Å²) >= 11 is 0. The minimum Gasteiger partial charge on any atom is -0.463 e. The van der Waals surface area contributed by atoms with Gasteiger partial charge in [-0.1, -0.05) is 294 Å². The van der Waals surface area contributed by atoms with E-state index in [0.717, 1.165) is 186 Å². The van der Waals surface area contributed by atoms with Crippen molar-refractivity contribution in [1.82, 2.24) is 0 Å². The predicted octanol–water partition coefficient (Wildman–Crippen LogP) is 23.4. The maximum Gasteiger partial charge on any atom is 0.472 e. The van der Waals surface area contributed by atoms with Crippen LogP contribution in [0.15, 0.2) is 158 Å². The highest BCUT2D eigenvalue weighted by Gasteiger charge is 2.29. The van der Waals surface area contributed by atoms with Crippen LogP contribution in [0, 0.1) is 0 Å². The van der Waals surface area contributed by atoms with E-state index >= 15 is 0 Å². The Morgan fingerprint density at radius 2 is 0.515 bits per heavy atom. The van der Waals surface area contributed by atoms with Crippen LogP contribution in [-0.2, 0) is 55.8 Å². The molecule has 0 aliphatic carbocycles. The SMILES string of the molecule is CC/C=C\C/C=C\C/C=C\C/C=C\C/C=C\C/C=C\CCCCCCCCCCCCC(=O)OCC(O)COP(=O)(O)OCC(O)COP(=O)(O)OCC(COC(=O)CCCCCCCC/C=C\C/C=C\C/C=C\C/C=C\C/C=C\C/C=C\CC)OC(=O)CCCCCCC/C=C\CCCCCC. The van der Waals surface area contributed by atoms with Crippen LogP contribution in [0.4, 0.5) is 0 Å². The van der Waals surface area contributed by atoms with E-state index in [1.165, 1.54) is 57.8 Å². The zero-order valence-corrected chi connectivity index (χ0v) is 66.0. The number of unbranched alkanes of at least 4 members (excludes halogenated alkanes) is 25. The molecule has 103 heavy (non-hydrogen) atoms. The maximum absolute atomic E-state index is 12.9. The third-order valence-electron chi connectivity index (χ3n) is 16.2. The average molecular weight is 1480 g/mol. The minimum absolute atomic E-state index is 0.0869. The van der Waals surface area contributed by atoms with Gasteiger partial charge in [0.05, 0.1) is 26.4 Å². The third kappa shape index (κ3) is 78.1. The van der Waals surface area contributed by atoms with Crippen LogP contribution < -0.4 is 0 Å². The smallest absolute Gasteiger partial charge is 0.463 e. The molecule has 0 heterocycles. The lowest BCUT2D eigenvalue weighted by atomic mass is 10.1. The molecule has 16 nitrogen and oxygen atoms in total. The zero-order valence-electron chi connectivity index (χ0n) is 64.2. The molecular weight excluding hydrogens is 1340 g/mol. The molecule has 0 aromatic carbocycles. The molecule has 0 aliphatic rings. The second kappa shape index (κ2) is 76.8.